The number of hydrogen-bond donors (Lipinski definition) is 0. The van der Waals surface area contributed by atoms with Crippen LogP contribution in [0.3, 0.4) is 0 Å². The summed E-state index contributed by atoms with van der Waals surface area (Å²) in [6.45, 7) is 0.809. The van der Waals surface area contributed by atoms with Crippen LogP contribution in [0.1, 0.15) is 34.9 Å². The minimum absolute atomic E-state index is 0.111. The first kappa shape index (κ1) is 13.1. The number of carbonyl (C=O) groups excluding carboxylic acids is 1. The first-order valence-corrected chi connectivity index (χ1v) is 7.62. The van der Waals surface area contributed by atoms with Gasteiger partial charge in [0.2, 0.25) is 0 Å². The van der Waals surface area contributed by atoms with Crippen LogP contribution in [0.2, 0.25) is 0 Å². The van der Waals surface area contributed by atoms with Gasteiger partial charge in [0.15, 0.2) is 0 Å². The number of likely N-dealkylation sites (tertiary alicyclic amines) is 1. The molecule has 0 saturated carbocycles. The maximum atomic E-state index is 12.8. The van der Waals surface area contributed by atoms with Gasteiger partial charge in [0.05, 0.1) is 6.04 Å². The van der Waals surface area contributed by atoms with Crippen molar-refractivity contribution in [3.63, 3.8) is 0 Å². The lowest BCUT2D eigenvalue weighted by Gasteiger charge is -2.25. The lowest BCUT2D eigenvalue weighted by Crippen LogP contribution is -2.31. The number of imidazole rings is 1. The van der Waals surface area contributed by atoms with Gasteiger partial charge in [0.25, 0.3) is 5.91 Å². The van der Waals surface area contributed by atoms with Crippen LogP contribution < -0.4 is 0 Å². The highest BCUT2D eigenvalue weighted by Gasteiger charge is 2.31. The Morgan fingerprint density at radius 3 is 2.82 bits per heavy atom. The topological polar surface area (TPSA) is 37.6 Å². The van der Waals surface area contributed by atoms with Crippen LogP contribution in [0, 0.1) is 0 Å². The average molecular weight is 291 g/mol. The quantitative estimate of drug-likeness (QED) is 0.726. The van der Waals surface area contributed by atoms with Crippen LogP contribution >= 0.6 is 0 Å². The maximum absolute atomic E-state index is 12.8. The van der Waals surface area contributed by atoms with E-state index in [0.717, 1.165) is 36.3 Å². The molecule has 1 aromatic carbocycles. The summed E-state index contributed by atoms with van der Waals surface area (Å²) in [6, 6.07) is 15.7. The Balaban J connectivity index is 1.72. The van der Waals surface area contributed by atoms with E-state index in [1.807, 2.05) is 53.6 Å². The van der Waals surface area contributed by atoms with E-state index in [9.17, 15) is 4.79 Å². The number of carbonyl (C=O) groups is 1. The summed E-state index contributed by atoms with van der Waals surface area (Å²) >= 11 is 0. The van der Waals surface area contributed by atoms with Gasteiger partial charge < -0.3 is 9.30 Å². The van der Waals surface area contributed by atoms with Gasteiger partial charge in [0, 0.05) is 30.2 Å². The molecule has 0 radical (unpaired) electrons. The van der Waals surface area contributed by atoms with Gasteiger partial charge in [-0.25, -0.2) is 4.98 Å². The minimum Gasteiger partial charge on any atom is -0.330 e. The molecule has 1 aliphatic heterocycles. The first-order valence-electron chi connectivity index (χ1n) is 7.62. The molecule has 1 atom stereocenters. The predicted molar refractivity (Wildman–Crippen MR) is 84.6 cm³/mol. The smallest absolute Gasteiger partial charge is 0.254 e. The molecule has 2 aromatic heterocycles. The molecule has 4 nitrogen and oxygen atoms in total. The van der Waals surface area contributed by atoms with E-state index in [4.69, 9.17) is 0 Å². The average Bonchev–Trinajstić information content (AvgIpc) is 3.23. The number of rotatable bonds is 2. The second kappa shape index (κ2) is 5.30. The second-order valence-corrected chi connectivity index (χ2v) is 5.63. The molecule has 1 amide bonds. The Labute approximate surface area is 129 Å². The number of pyridine rings is 1. The molecule has 3 heterocycles. The fourth-order valence-corrected chi connectivity index (χ4v) is 3.31. The van der Waals surface area contributed by atoms with Crippen molar-refractivity contribution in [1.82, 2.24) is 14.3 Å². The maximum Gasteiger partial charge on any atom is 0.254 e. The number of hydrogen-bond acceptors (Lipinski definition) is 2. The normalized spacial score (nSPS) is 18.0. The minimum atomic E-state index is 0.111. The number of aromatic nitrogens is 2. The van der Waals surface area contributed by atoms with Crippen molar-refractivity contribution in [3.05, 3.63) is 72.2 Å². The largest absolute Gasteiger partial charge is 0.330 e. The van der Waals surface area contributed by atoms with E-state index in [-0.39, 0.29) is 11.9 Å². The number of fused-ring (bicyclic) bond motifs is 1. The standard InChI is InChI=1S/C18H17N3O/c22-18(14-6-2-1-3-7-14)21-12-5-9-16(21)15-8-4-10-17-19-11-13-20(15)17/h1-4,6-8,10-11,13,16H,5,9,12H2/t16-/m1/s1. The van der Waals surface area contributed by atoms with E-state index < -0.39 is 0 Å². The highest BCUT2D eigenvalue weighted by Crippen LogP contribution is 2.33. The van der Waals surface area contributed by atoms with Crippen LogP contribution in [-0.4, -0.2) is 26.7 Å². The molecule has 0 aliphatic carbocycles. The van der Waals surface area contributed by atoms with Crippen molar-refractivity contribution >= 4 is 11.6 Å². The molecular formula is C18H17N3O. The number of benzene rings is 1. The first-order chi connectivity index (χ1) is 10.8. The molecular weight excluding hydrogens is 274 g/mol. The zero-order valence-corrected chi connectivity index (χ0v) is 12.2. The Kier molecular flexibility index (Phi) is 3.15. The third-order valence-electron chi connectivity index (χ3n) is 4.34. The molecule has 0 spiro atoms. The molecule has 0 N–H and O–H groups in total. The lowest BCUT2D eigenvalue weighted by atomic mass is 10.1. The monoisotopic (exact) mass is 291 g/mol. The van der Waals surface area contributed by atoms with Crippen molar-refractivity contribution in [3.8, 4) is 0 Å². The summed E-state index contributed by atoms with van der Waals surface area (Å²) < 4.78 is 2.08. The molecule has 110 valence electrons. The Morgan fingerprint density at radius 2 is 1.95 bits per heavy atom. The van der Waals surface area contributed by atoms with E-state index in [1.165, 1.54) is 0 Å². The van der Waals surface area contributed by atoms with Gasteiger partial charge >= 0.3 is 0 Å². The van der Waals surface area contributed by atoms with Crippen molar-refractivity contribution in [2.24, 2.45) is 0 Å². The van der Waals surface area contributed by atoms with Crippen LogP contribution in [0.5, 0.6) is 0 Å². The molecule has 1 saturated heterocycles. The van der Waals surface area contributed by atoms with Gasteiger partial charge in [0.1, 0.15) is 5.65 Å². The van der Waals surface area contributed by atoms with Gasteiger partial charge in [-0.1, -0.05) is 24.3 Å². The van der Waals surface area contributed by atoms with E-state index in [0.29, 0.717) is 0 Å². The molecule has 4 heteroatoms. The molecule has 3 aromatic rings. The fourth-order valence-electron chi connectivity index (χ4n) is 3.31. The molecule has 1 aliphatic rings. The summed E-state index contributed by atoms with van der Waals surface area (Å²) in [5, 5.41) is 0. The summed E-state index contributed by atoms with van der Waals surface area (Å²) in [6.07, 6.45) is 5.80. The van der Waals surface area contributed by atoms with Crippen molar-refractivity contribution in [1.29, 1.82) is 0 Å². The van der Waals surface area contributed by atoms with Crippen LogP contribution in [0.25, 0.3) is 5.65 Å². The Hall–Kier alpha value is -2.62. The zero-order valence-electron chi connectivity index (χ0n) is 12.2. The molecule has 1 fully saturated rings. The zero-order chi connectivity index (χ0) is 14.9. The molecule has 0 unspecified atom stereocenters. The van der Waals surface area contributed by atoms with Gasteiger partial charge in [-0.3, -0.25) is 4.79 Å². The Morgan fingerprint density at radius 1 is 1.09 bits per heavy atom. The second-order valence-electron chi connectivity index (χ2n) is 5.63. The van der Waals surface area contributed by atoms with E-state index in [2.05, 4.69) is 15.5 Å². The Bertz CT molecular complexity index is 809. The predicted octanol–water partition coefficient (Wildman–Crippen LogP) is 3.31. The van der Waals surface area contributed by atoms with Gasteiger partial charge in [-0.2, -0.15) is 0 Å². The van der Waals surface area contributed by atoms with Gasteiger partial charge in [-0.05, 0) is 37.1 Å². The number of nitrogens with zero attached hydrogens (tertiary/aromatic N) is 3. The molecule has 0 bridgehead atoms. The van der Waals surface area contributed by atoms with E-state index >= 15 is 0 Å². The number of amides is 1. The van der Waals surface area contributed by atoms with Crippen molar-refractivity contribution in [2.45, 2.75) is 18.9 Å². The summed E-state index contributed by atoms with van der Waals surface area (Å²) in [7, 11) is 0. The van der Waals surface area contributed by atoms with Crippen LogP contribution in [-0.2, 0) is 0 Å². The summed E-state index contributed by atoms with van der Waals surface area (Å²) in [5.74, 6) is 0.111. The van der Waals surface area contributed by atoms with Crippen molar-refractivity contribution < 1.29 is 4.79 Å². The van der Waals surface area contributed by atoms with E-state index in [1.54, 1.807) is 6.20 Å². The summed E-state index contributed by atoms with van der Waals surface area (Å²) in [5.41, 5.74) is 2.82. The van der Waals surface area contributed by atoms with Gasteiger partial charge in [-0.15, -0.1) is 0 Å². The van der Waals surface area contributed by atoms with Crippen LogP contribution in [0.4, 0.5) is 0 Å². The fraction of sp³-hybridized carbons (Fsp3) is 0.222. The van der Waals surface area contributed by atoms with Crippen LogP contribution in [0.15, 0.2) is 60.9 Å². The van der Waals surface area contributed by atoms with Crippen molar-refractivity contribution in [2.75, 3.05) is 6.54 Å². The third kappa shape index (κ3) is 2.08. The highest BCUT2D eigenvalue weighted by atomic mass is 16.2. The molecule has 4 rings (SSSR count). The SMILES string of the molecule is O=C(c1ccccc1)N1CCC[C@@H]1c1cccc2nccn12. The lowest BCUT2D eigenvalue weighted by molar-refractivity contribution is 0.0732. The summed E-state index contributed by atoms with van der Waals surface area (Å²) in [4.78, 5) is 19.1. The molecule has 22 heavy (non-hydrogen) atoms. The highest BCUT2D eigenvalue weighted by molar-refractivity contribution is 5.94. The third-order valence-corrected chi connectivity index (χ3v) is 4.34.